The molecule has 0 unspecified atom stereocenters. The van der Waals surface area contributed by atoms with Crippen LogP contribution in [0, 0.1) is 11.7 Å². The molecule has 2 atom stereocenters. The van der Waals surface area contributed by atoms with Gasteiger partial charge in [0.1, 0.15) is 5.82 Å². The number of halogens is 1. The van der Waals surface area contributed by atoms with E-state index in [0.717, 1.165) is 37.8 Å². The van der Waals surface area contributed by atoms with Gasteiger partial charge in [0.25, 0.3) is 5.91 Å². The van der Waals surface area contributed by atoms with Gasteiger partial charge in [-0.3, -0.25) is 9.78 Å². The van der Waals surface area contributed by atoms with E-state index >= 15 is 0 Å². The SMILES string of the molecule is CC(C)C[C@H]1C[C@@H](NC(=O)c2cc(C3CC3)nc3ccc(F)cc23)CCO1. The van der Waals surface area contributed by atoms with E-state index in [-0.39, 0.29) is 23.9 Å². The number of carbonyl (C=O) groups excluding carboxylic acids is 1. The molecule has 2 aliphatic rings. The van der Waals surface area contributed by atoms with Gasteiger partial charge in [0.15, 0.2) is 0 Å². The number of amides is 1. The van der Waals surface area contributed by atoms with Crippen molar-refractivity contribution in [1.82, 2.24) is 10.3 Å². The van der Waals surface area contributed by atoms with E-state index in [0.29, 0.717) is 34.9 Å². The quantitative estimate of drug-likeness (QED) is 0.838. The van der Waals surface area contributed by atoms with Gasteiger partial charge in [0, 0.05) is 29.6 Å². The van der Waals surface area contributed by atoms with E-state index in [1.165, 1.54) is 12.1 Å². The van der Waals surface area contributed by atoms with E-state index in [1.807, 2.05) is 6.07 Å². The highest BCUT2D eigenvalue weighted by atomic mass is 19.1. The molecule has 2 heterocycles. The molecule has 1 saturated heterocycles. The number of benzene rings is 1. The number of pyridine rings is 1. The molecule has 2 aromatic rings. The standard InChI is InChI=1S/C22H27FN2O2/c1-13(2)9-17-11-16(7-8-27-17)24-22(26)19-12-21(14-3-4-14)25-20-6-5-15(23)10-18(19)20/h5-6,10,12-14,16-17H,3-4,7-9,11H2,1-2H3,(H,24,26)/t16-,17-/m0/s1. The number of fused-ring (bicyclic) bond motifs is 1. The molecule has 27 heavy (non-hydrogen) atoms. The van der Waals surface area contributed by atoms with Crippen LogP contribution in [0.5, 0.6) is 0 Å². The Morgan fingerprint density at radius 3 is 2.85 bits per heavy atom. The van der Waals surface area contributed by atoms with Crippen LogP contribution in [0.3, 0.4) is 0 Å². The van der Waals surface area contributed by atoms with Crippen molar-refractivity contribution in [2.24, 2.45) is 5.92 Å². The van der Waals surface area contributed by atoms with Gasteiger partial charge in [-0.2, -0.15) is 0 Å². The molecule has 2 fully saturated rings. The number of hydrogen-bond donors (Lipinski definition) is 1. The fraction of sp³-hybridized carbons (Fsp3) is 0.545. The number of nitrogens with one attached hydrogen (secondary N) is 1. The van der Waals surface area contributed by atoms with Crippen molar-refractivity contribution < 1.29 is 13.9 Å². The summed E-state index contributed by atoms with van der Waals surface area (Å²) in [7, 11) is 0. The number of hydrogen-bond acceptors (Lipinski definition) is 3. The predicted octanol–water partition coefficient (Wildman–Crippen LogP) is 4.57. The van der Waals surface area contributed by atoms with Crippen LogP contribution >= 0.6 is 0 Å². The van der Waals surface area contributed by atoms with Crippen molar-refractivity contribution in [2.45, 2.75) is 64.0 Å². The number of rotatable bonds is 5. The third-order valence-electron chi connectivity index (χ3n) is 5.47. The monoisotopic (exact) mass is 370 g/mol. The summed E-state index contributed by atoms with van der Waals surface area (Å²) in [6.45, 7) is 5.03. The topological polar surface area (TPSA) is 51.2 Å². The fourth-order valence-corrected chi connectivity index (χ4v) is 3.96. The summed E-state index contributed by atoms with van der Waals surface area (Å²) in [6, 6.07) is 6.44. The van der Waals surface area contributed by atoms with E-state index in [2.05, 4.69) is 24.1 Å². The van der Waals surface area contributed by atoms with Crippen molar-refractivity contribution in [2.75, 3.05) is 6.61 Å². The molecule has 1 N–H and O–H groups in total. The van der Waals surface area contributed by atoms with E-state index < -0.39 is 0 Å². The van der Waals surface area contributed by atoms with Crippen molar-refractivity contribution in [1.29, 1.82) is 0 Å². The van der Waals surface area contributed by atoms with Crippen molar-refractivity contribution in [3.8, 4) is 0 Å². The second-order valence-corrected chi connectivity index (χ2v) is 8.35. The van der Waals surface area contributed by atoms with Gasteiger partial charge in [0.2, 0.25) is 0 Å². The van der Waals surface area contributed by atoms with Crippen LogP contribution in [0.1, 0.15) is 67.9 Å². The summed E-state index contributed by atoms with van der Waals surface area (Å²) in [5, 5.41) is 3.75. The smallest absolute Gasteiger partial charge is 0.252 e. The van der Waals surface area contributed by atoms with Crippen molar-refractivity contribution in [3.63, 3.8) is 0 Å². The molecule has 1 amide bonds. The Kier molecular flexibility index (Phi) is 5.13. The molecule has 1 aliphatic carbocycles. The average molecular weight is 370 g/mol. The lowest BCUT2D eigenvalue weighted by atomic mass is 9.95. The van der Waals surface area contributed by atoms with Crippen molar-refractivity contribution >= 4 is 16.8 Å². The molecular formula is C22H27FN2O2. The highest BCUT2D eigenvalue weighted by Gasteiger charge is 2.29. The molecule has 1 aliphatic heterocycles. The first-order chi connectivity index (χ1) is 13.0. The highest BCUT2D eigenvalue weighted by molar-refractivity contribution is 6.06. The molecule has 144 valence electrons. The first kappa shape index (κ1) is 18.4. The lowest BCUT2D eigenvalue weighted by Crippen LogP contribution is -2.42. The second-order valence-electron chi connectivity index (χ2n) is 8.35. The Labute approximate surface area is 159 Å². The minimum atomic E-state index is -0.347. The zero-order valence-corrected chi connectivity index (χ0v) is 16.0. The maximum atomic E-state index is 13.8. The van der Waals surface area contributed by atoms with Crippen LogP contribution in [-0.4, -0.2) is 29.6 Å². The number of nitrogens with zero attached hydrogens (tertiary/aromatic N) is 1. The molecule has 4 nitrogen and oxygen atoms in total. The van der Waals surface area contributed by atoms with Crippen LogP contribution in [-0.2, 0) is 4.74 Å². The number of ether oxygens (including phenoxy) is 1. The maximum Gasteiger partial charge on any atom is 0.252 e. The van der Waals surface area contributed by atoms with Gasteiger partial charge in [-0.15, -0.1) is 0 Å². The third-order valence-corrected chi connectivity index (χ3v) is 5.47. The normalized spacial score (nSPS) is 23.0. The Morgan fingerprint density at radius 2 is 2.11 bits per heavy atom. The maximum absolute atomic E-state index is 13.8. The summed E-state index contributed by atoms with van der Waals surface area (Å²) in [4.78, 5) is 17.7. The fourth-order valence-electron chi connectivity index (χ4n) is 3.96. The van der Waals surface area contributed by atoms with Crippen LogP contribution in [0.2, 0.25) is 0 Å². The first-order valence-electron chi connectivity index (χ1n) is 10.0. The molecule has 1 saturated carbocycles. The zero-order chi connectivity index (χ0) is 19.0. The summed E-state index contributed by atoms with van der Waals surface area (Å²) in [5.41, 5.74) is 2.17. The molecule has 0 bridgehead atoms. The summed E-state index contributed by atoms with van der Waals surface area (Å²) in [6.07, 6.45) is 5.05. The van der Waals surface area contributed by atoms with Crippen LogP contribution in [0.4, 0.5) is 4.39 Å². The minimum Gasteiger partial charge on any atom is -0.378 e. The largest absolute Gasteiger partial charge is 0.378 e. The molecule has 5 heteroatoms. The third kappa shape index (κ3) is 4.29. The predicted molar refractivity (Wildman–Crippen MR) is 103 cm³/mol. The van der Waals surface area contributed by atoms with E-state index in [1.54, 1.807) is 6.07 Å². The minimum absolute atomic E-state index is 0.0937. The Hall–Kier alpha value is -2.01. The van der Waals surface area contributed by atoms with Gasteiger partial charge in [-0.25, -0.2) is 4.39 Å². The molecule has 0 radical (unpaired) electrons. The van der Waals surface area contributed by atoms with Gasteiger partial charge in [-0.1, -0.05) is 13.8 Å². The Bertz CT molecular complexity index is 848. The molecule has 1 aromatic heterocycles. The molecular weight excluding hydrogens is 343 g/mol. The lowest BCUT2D eigenvalue weighted by molar-refractivity contribution is -0.00845. The average Bonchev–Trinajstić information content (AvgIpc) is 3.45. The number of carbonyl (C=O) groups is 1. The van der Waals surface area contributed by atoms with Gasteiger partial charge in [-0.05, 0) is 62.3 Å². The van der Waals surface area contributed by atoms with Gasteiger partial charge >= 0.3 is 0 Å². The van der Waals surface area contributed by atoms with Gasteiger partial charge < -0.3 is 10.1 Å². The van der Waals surface area contributed by atoms with Crippen LogP contribution in [0.15, 0.2) is 24.3 Å². The molecule has 0 spiro atoms. The Morgan fingerprint density at radius 1 is 1.30 bits per heavy atom. The van der Waals surface area contributed by atoms with Crippen LogP contribution in [0.25, 0.3) is 10.9 Å². The molecule has 4 rings (SSSR count). The number of aromatic nitrogens is 1. The lowest BCUT2D eigenvalue weighted by Gasteiger charge is -2.31. The summed E-state index contributed by atoms with van der Waals surface area (Å²) < 4.78 is 19.6. The molecule has 1 aromatic carbocycles. The van der Waals surface area contributed by atoms with Crippen LogP contribution < -0.4 is 5.32 Å². The van der Waals surface area contributed by atoms with Gasteiger partial charge in [0.05, 0.1) is 17.2 Å². The highest BCUT2D eigenvalue weighted by Crippen LogP contribution is 2.40. The van der Waals surface area contributed by atoms with E-state index in [9.17, 15) is 9.18 Å². The first-order valence-corrected chi connectivity index (χ1v) is 10.0. The Balaban J connectivity index is 1.57. The zero-order valence-electron chi connectivity index (χ0n) is 16.0. The summed E-state index contributed by atoms with van der Waals surface area (Å²) in [5.74, 6) is 0.521. The second kappa shape index (κ2) is 7.55. The van der Waals surface area contributed by atoms with Crippen molar-refractivity contribution in [3.05, 3.63) is 41.3 Å². The summed E-state index contributed by atoms with van der Waals surface area (Å²) >= 11 is 0. The van der Waals surface area contributed by atoms with E-state index in [4.69, 9.17) is 4.74 Å².